The number of nitrogens with one attached hydrogen (secondary N) is 1. The van der Waals surface area contributed by atoms with Gasteiger partial charge in [0.15, 0.2) is 5.82 Å². The Morgan fingerprint density at radius 1 is 1.64 bits per heavy atom. The molecule has 5 nitrogen and oxygen atoms in total. The SMILES string of the molecule is CCC(COC)NCCc1ncon1. The second-order valence-corrected chi connectivity index (χ2v) is 3.11. The molecular formula is C9H17N3O2. The Hall–Kier alpha value is -0.940. The largest absolute Gasteiger partial charge is 0.383 e. The van der Waals surface area contributed by atoms with Gasteiger partial charge in [-0.05, 0) is 6.42 Å². The average Bonchev–Trinajstić information content (AvgIpc) is 2.69. The van der Waals surface area contributed by atoms with Crippen LogP contribution in [0.1, 0.15) is 19.2 Å². The summed E-state index contributed by atoms with van der Waals surface area (Å²) in [5, 5.41) is 7.09. The van der Waals surface area contributed by atoms with Crippen molar-refractivity contribution in [2.75, 3.05) is 20.3 Å². The molecule has 0 bridgehead atoms. The summed E-state index contributed by atoms with van der Waals surface area (Å²) < 4.78 is 9.70. The van der Waals surface area contributed by atoms with Crippen LogP contribution in [0.15, 0.2) is 10.9 Å². The Morgan fingerprint density at radius 2 is 2.50 bits per heavy atom. The van der Waals surface area contributed by atoms with Gasteiger partial charge in [-0.25, -0.2) is 0 Å². The number of nitrogens with zero attached hydrogens (tertiary/aromatic N) is 2. The third-order valence-electron chi connectivity index (χ3n) is 2.05. The molecule has 1 atom stereocenters. The zero-order chi connectivity index (χ0) is 10.2. The minimum absolute atomic E-state index is 0.409. The monoisotopic (exact) mass is 199 g/mol. The fourth-order valence-electron chi connectivity index (χ4n) is 1.21. The lowest BCUT2D eigenvalue weighted by Crippen LogP contribution is -2.34. The van der Waals surface area contributed by atoms with Crippen molar-refractivity contribution in [2.24, 2.45) is 0 Å². The molecule has 1 N–H and O–H groups in total. The predicted molar refractivity (Wildman–Crippen MR) is 52.0 cm³/mol. The molecule has 1 unspecified atom stereocenters. The second-order valence-electron chi connectivity index (χ2n) is 3.11. The first-order chi connectivity index (χ1) is 6.86. The molecule has 0 radical (unpaired) electrons. The predicted octanol–water partition coefficient (Wildman–Crippen LogP) is 0.627. The molecule has 0 saturated carbocycles. The molecule has 1 aromatic heterocycles. The van der Waals surface area contributed by atoms with Gasteiger partial charge in [-0.2, -0.15) is 4.98 Å². The van der Waals surface area contributed by atoms with Crippen molar-refractivity contribution in [3.8, 4) is 0 Å². The highest BCUT2D eigenvalue weighted by Gasteiger charge is 2.05. The van der Waals surface area contributed by atoms with Gasteiger partial charge >= 0.3 is 0 Å². The molecule has 80 valence electrons. The standard InChI is InChI=1S/C9H17N3O2/c1-3-8(6-13-2)10-5-4-9-11-7-14-12-9/h7-8,10H,3-6H2,1-2H3. The highest BCUT2D eigenvalue weighted by molar-refractivity contribution is 4.79. The average molecular weight is 199 g/mol. The number of rotatable bonds is 7. The van der Waals surface area contributed by atoms with Crippen LogP contribution in [0.4, 0.5) is 0 Å². The van der Waals surface area contributed by atoms with Crippen LogP contribution in [-0.2, 0) is 11.2 Å². The van der Waals surface area contributed by atoms with Crippen molar-refractivity contribution < 1.29 is 9.26 Å². The van der Waals surface area contributed by atoms with Crippen LogP contribution in [0, 0.1) is 0 Å². The van der Waals surface area contributed by atoms with Gasteiger partial charge in [0.05, 0.1) is 6.61 Å². The van der Waals surface area contributed by atoms with E-state index < -0.39 is 0 Å². The summed E-state index contributed by atoms with van der Waals surface area (Å²) in [7, 11) is 1.71. The topological polar surface area (TPSA) is 60.2 Å². The Kier molecular flexibility index (Phi) is 5.17. The van der Waals surface area contributed by atoms with Crippen molar-refractivity contribution >= 4 is 0 Å². The number of methoxy groups -OCH3 is 1. The van der Waals surface area contributed by atoms with E-state index in [2.05, 4.69) is 26.9 Å². The molecule has 0 aromatic carbocycles. The maximum Gasteiger partial charge on any atom is 0.213 e. The molecule has 0 amide bonds. The molecule has 1 heterocycles. The van der Waals surface area contributed by atoms with Gasteiger partial charge < -0.3 is 14.6 Å². The second kappa shape index (κ2) is 6.50. The van der Waals surface area contributed by atoms with Crippen molar-refractivity contribution in [1.82, 2.24) is 15.5 Å². The summed E-state index contributed by atoms with van der Waals surface area (Å²) in [4.78, 5) is 3.94. The van der Waals surface area contributed by atoms with Crippen molar-refractivity contribution in [2.45, 2.75) is 25.8 Å². The van der Waals surface area contributed by atoms with Crippen molar-refractivity contribution in [3.05, 3.63) is 12.2 Å². The Labute approximate surface area is 83.8 Å². The van der Waals surface area contributed by atoms with E-state index in [1.165, 1.54) is 6.39 Å². The fourth-order valence-corrected chi connectivity index (χ4v) is 1.21. The third-order valence-corrected chi connectivity index (χ3v) is 2.05. The van der Waals surface area contributed by atoms with Crippen LogP contribution < -0.4 is 5.32 Å². The van der Waals surface area contributed by atoms with Crippen molar-refractivity contribution in [1.29, 1.82) is 0 Å². The number of hydrogen-bond acceptors (Lipinski definition) is 5. The van der Waals surface area contributed by atoms with Gasteiger partial charge in [0, 0.05) is 26.1 Å². The van der Waals surface area contributed by atoms with Gasteiger partial charge in [-0.1, -0.05) is 12.1 Å². The van der Waals surface area contributed by atoms with Gasteiger partial charge in [-0.3, -0.25) is 0 Å². The summed E-state index contributed by atoms with van der Waals surface area (Å²) in [6.07, 6.45) is 3.19. The van der Waals surface area contributed by atoms with Crippen LogP contribution in [0.2, 0.25) is 0 Å². The maximum atomic E-state index is 5.07. The van der Waals surface area contributed by atoms with Crippen LogP contribution in [0.3, 0.4) is 0 Å². The molecule has 0 aliphatic carbocycles. The van der Waals surface area contributed by atoms with Crippen LogP contribution in [-0.4, -0.2) is 36.4 Å². The number of ether oxygens (including phenoxy) is 1. The fraction of sp³-hybridized carbons (Fsp3) is 0.778. The lowest BCUT2D eigenvalue weighted by atomic mass is 10.2. The summed E-state index contributed by atoms with van der Waals surface area (Å²) in [6, 6.07) is 0.409. The lowest BCUT2D eigenvalue weighted by Gasteiger charge is -2.14. The smallest absolute Gasteiger partial charge is 0.213 e. The zero-order valence-electron chi connectivity index (χ0n) is 8.69. The minimum Gasteiger partial charge on any atom is -0.383 e. The molecule has 0 fully saturated rings. The lowest BCUT2D eigenvalue weighted by molar-refractivity contribution is 0.164. The Bertz CT molecular complexity index is 226. The molecular weight excluding hydrogens is 182 g/mol. The molecule has 1 aromatic rings. The van der Waals surface area contributed by atoms with Gasteiger partial charge in [0.1, 0.15) is 0 Å². The normalized spacial score (nSPS) is 13.0. The molecule has 1 rings (SSSR count). The molecule has 14 heavy (non-hydrogen) atoms. The quantitative estimate of drug-likeness (QED) is 0.697. The molecule has 0 aliphatic rings. The molecule has 0 aliphatic heterocycles. The van der Waals surface area contributed by atoms with E-state index in [0.29, 0.717) is 6.04 Å². The Morgan fingerprint density at radius 3 is 3.07 bits per heavy atom. The van der Waals surface area contributed by atoms with E-state index in [9.17, 15) is 0 Å². The summed E-state index contributed by atoms with van der Waals surface area (Å²) in [5.74, 6) is 0.741. The summed E-state index contributed by atoms with van der Waals surface area (Å²) >= 11 is 0. The Balaban J connectivity index is 2.13. The van der Waals surface area contributed by atoms with Gasteiger partial charge in [-0.15, -0.1) is 0 Å². The van der Waals surface area contributed by atoms with Crippen LogP contribution in [0.5, 0.6) is 0 Å². The van der Waals surface area contributed by atoms with E-state index >= 15 is 0 Å². The minimum atomic E-state index is 0.409. The van der Waals surface area contributed by atoms with Gasteiger partial charge in [0.2, 0.25) is 6.39 Å². The highest BCUT2D eigenvalue weighted by Crippen LogP contribution is 1.93. The summed E-state index contributed by atoms with van der Waals surface area (Å²) in [5.41, 5.74) is 0. The number of aromatic nitrogens is 2. The number of hydrogen-bond donors (Lipinski definition) is 1. The van der Waals surface area contributed by atoms with E-state index in [0.717, 1.165) is 31.8 Å². The van der Waals surface area contributed by atoms with Crippen LogP contribution >= 0.6 is 0 Å². The first-order valence-electron chi connectivity index (χ1n) is 4.84. The molecule has 5 heteroatoms. The first kappa shape index (κ1) is 11.1. The first-order valence-corrected chi connectivity index (χ1v) is 4.84. The van der Waals surface area contributed by atoms with E-state index in [4.69, 9.17) is 4.74 Å². The highest BCUT2D eigenvalue weighted by atomic mass is 16.5. The van der Waals surface area contributed by atoms with Crippen LogP contribution in [0.25, 0.3) is 0 Å². The van der Waals surface area contributed by atoms with Crippen molar-refractivity contribution in [3.63, 3.8) is 0 Å². The van der Waals surface area contributed by atoms with E-state index in [1.807, 2.05) is 0 Å². The zero-order valence-corrected chi connectivity index (χ0v) is 8.69. The van der Waals surface area contributed by atoms with Gasteiger partial charge in [0.25, 0.3) is 0 Å². The summed E-state index contributed by atoms with van der Waals surface area (Å²) in [6.45, 7) is 3.72. The molecule has 0 spiro atoms. The van der Waals surface area contributed by atoms with E-state index in [-0.39, 0.29) is 0 Å². The third kappa shape index (κ3) is 3.85. The maximum absolute atomic E-state index is 5.07. The molecule has 0 saturated heterocycles. The van der Waals surface area contributed by atoms with E-state index in [1.54, 1.807) is 7.11 Å².